The zero-order valence-corrected chi connectivity index (χ0v) is 10.6. The van der Waals surface area contributed by atoms with E-state index in [2.05, 4.69) is 12.2 Å². The summed E-state index contributed by atoms with van der Waals surface area (Å²) in [4.78, 5) is 10.8. The third-order valence-corrected chi connectivity index (χ3v) is 3.28. The fourth-order valence-electron chi connectivity index (χ4n) is 1.74. The summed E-state index contributed by atoms with van der Waals surface area (Å²) < 4.78 is 5.51. The first kappa shape index (κ1) is 12.9. The summed E-state index contributed by atoms with van der Waals surface area (Å²) in [5.74, 6) is -0.324. The van der Waals surface area contributed by atoms with Gasteiger partial charge in [0.1, 0.15) is 12.4 Å². The molecule has 1 aromatic carbocycles. The van der Waals surface area contributed by atoms with Gasteiger partial charge in [-0.25, -0.2) is 4.79 Å². The summed E-state index contributed by atoms with van der Waals surface area (Å²) in [5, 5.41) is 12.2. The zero-order chi connectivity index (χ0) is 13.0. The number of carboxylic acids is 1. The predicted molar refractivity (Wildman–Crippen MR) is 69.1 cm³/mol. The highest BCUT2D eigenvalue weighted by Gasteiger charge is 2.36. The Kier molecular flexibility index (Phi) is 3.87. The molecule has 2 rings (SSSR count). The van der Waals surface area contributed by atoms with Crippen LogP contribution in [0.3, 0.4) is 0 Å². The second kappa shape index (κ2) is 5.40. The van der Waals surface area contributed by atoms with Crippen molar-refractivity contribution in [2.24, 2.45) is 5.41 Å². The standard InChI is InChI=1S/C14H19NO3/c1-14(5-6-14)10-15-7-8-18-12-4-2-3-11(9-12)13(16)17/h2-4,9,15H,5-8,10H2,1H3,(H,16,17). The number of carboxylic acid groups (broad SMARTS) is 1. The number of hydrogen-bond donors (Lipinski definition) is 2. The number of ether oxygens (including phenoxy) is 1. The largest absolute Gasteiger partial charge is 0.492 e. The Morgan fingerprint density at radius 3 is 2.94 bits per heavy atom. The van der Waals surface area contributed by atoms with E-state index in [-0.39, 0.29) is 5.56 Å². The minimum absolute atomic E-state index is 0.256. The van der Waals surface area contributed by atoms with Gasteiger partial charge < -0.3 is 15.2 Å². The summed E-state index contributed by atoms with van der Waals surface area (Å²) in [5.41, 5.74) is 0.759. The van der Waals surface area contributed by atoms with Crippen LogP contribution in [0.15, 0.2) is 24.3 Å². The maximum atomic E-state index is 10.8. The van der Waals surface area contributed by atoms with Crippen LogP contribution >= 0.6 is 0 Å². The third-order valence-electron chi connectivity index (χ3n) is 3.28. The SMILES string of the molecule is CC1(CNCCOc2cccc(C(=O)O)c2)CC1. The van der Waals surface area contributed by atoms with Crippen molar-refractivity contribution >= 4 is 5.97 Å². The molecule has 1 fully saturated rings. The molecule has 0 amide bonds. The maximum Gasteiger partial charge on any atom is 0.335 e. The van der Waals surface area contributed by atoms with E-state index in [1.54, 1.807) is 24.3 Å². The van der Waals surface area contributed by atoms with Crippen molar-refractivity contribution in [1.29, 1.82) is 0 Å². The van der Waals surface area contributed by atoms with Crippen LogP contribution in [0.1, 0.15) is 30.1 Å². The summed E-state index contributed by atoms with van der Waals surface area (Å²) >= 11 is 0. The van der Waals surface area contributed by atoms with Gasteiger partial charge in [0.25, 0.3) is 0 Å². The van der Waals surface area contributed by atoms with Gasteiger partial charge in [-0.3, -0.25) is 0 Å². The van der Waals surface area contributed by atoms with Crippen molar-refractivity contribution < 1.29 is 14.6 Å². The summed E-state index contributed by atoms with van der Waals surface area (Å²) in [6, 6.07) is 6.57. The monoisotopic (exact) mass is 249 g/mol. The van der Waals surface area contributed by atoms with Crippen molar-refractivity contribution in [2.75, 3.05) is 19.7 Å². The van der Waals surface area contributed by atoms with Crippen LogP contribution in [0.25, 0.3) is 0 Å². The Balaban J connectivity index is 1.69. The average molecular weight is 249 g/mol. The van der Waals surface area contributed by atoms with Gasteiger partial charge in [-0.15, -0.1) is 0 Å². The molecule has 18 heavy (non-hydrogen) atoms. The minimum Gasteiger partial charge on any atom is -0.492 e. The van der Waals surface area contributed by atoms with E-state index < -0.39 is 5.97 Å². The fraction of sp³-hybridized carbons (Fsp3) is 0.500. The van der Waals surface area contributed by atoms with E-state index in [1.165, 1.54) is 12.8 Å². The molecule has 1 aliphatic carbocycles. The van der Waals surface area contributed by atoms with Gasteiger partial charge in [0.05, 0.1) is 5.56 Å². The van der Waals surface area contributed by atoms with Crippen molar-refractivity contribution in [3.63, 3.8) is 0 Å². The number of benzene rings is 1. The molecule has 1 aromatic rings. The fourth-order valence-corrected chi connectivity index (χ4v) is 1.74. The van der Waals surface area contributed by atoms with E-state index in [1.807, 2.05) is 0 Å². The van der Waals surface area contributed by atoms with Crippen molar-refractivity contribution in [1.82, 2.24) is 5.32 Å². The molecule has 2 N–H and O–H groups in total. The smallest absolute Gasteiger partial charge is 0.335 e. The lowest BCUT2D eigenvalue weighted by Gasteiger charge is -2.11. The summed E-state index contributed by atoms with van der Waals surface area (Å²) in [6.07, 6.45) is 2.61. The van der Waals surface area contributed by atoms with Gasteiger partial charge in [0.2, 0.25) is 0 Å². The molecule has 0 spiro atoms. The Morgan fingerprint density at radius 1 is 1.50 bits per heavy atom. The zero-order valence-electron chi connectivity index (χ0n) is 10.6. The normalized spacial score (nSPS) is 16.3. The van der Waals surface area contributed by atoms with Crippen LogP contribution in [-0.4, -0.2) is 30.8 Å². The molecular weight excluding hydrogens is 230 g/mol. The highest BCUT2D eigenvalue weighted by atomic mass is 16.5. The number of rotatable bonds is 7. The Labute approximate surface area is 107 Å². The molecule has 0 saturated heterocycles. The lowest BCUT2D eigenvalue weighted by molar-refractivity contribution is 0.0696. The number of hydrogen-bond acceptors (Lipinski definition) is 3. The Hall–Kier alpha value is -1.55. The van der Waals surface area contributed by atoms with Gasteiger partial charge in [0.15, 0.2) is 0 Å². The molecule has 1 saturated carbocycles. The maximum absolute atomic E-state index is 10.8. The van der Waals surface area contributed by atoms with Crippen molar-refractivity contribution in [2.45, 2.75) is 19.8 Å². The van der Waals surface area contributed by atoms with Crippen LogP contribution in [0.4, 0.5) is 0 Å². The molecule has 0 bridgehead atoms. The molecule has 1 aliphatic rings. The molecule has 4 nitrogen and oxygen atoms in total. The quantitative estimate of drug-likeness (QED) is 0.727. The van der Waals surface area contributed by atoms with Crippen molar-refractivity contribution in [3.8, 4) is 5.75 Å². The lowest BCUT2D eigenvalue weighted by Crippen LogP contribution is -2.26. The number of carbonyl (C=O) groups is 1. The van der Waals surface area contributed by atoms with Gasteiger partial charge >= 0.3 is 5.97 Å². The topological polar surface area (TPSA) is 58.6 Å². The van der Waals surface area contributed by atoms with Crippen LogP contribution < -0.4 is 10.1 Å². The first-order chi connectivity index (χ1) is 8.59. The van der Waals surface area contributed by atoms with Crippen LogP contribution in [0.5, 0.6) is 5.75 Å². The first-order valence-corrected chi connectivity index (χ1v) is 6.26. The van der Waals surface area contributed by atoms with E-state index in [0.29, 0.717) is 17.8 Å². The minimum atomic E-state index is -0.930. The number of aromatic carboxylic acids is 1. The average Bonchev–Trinajstić information content (AvgIpc) is 3.07. The molecular formula is C14H19NO3. The van der Waals surface area contributed by atoms with Gasteiger partial charge in [-0.1, -0.05) is 13.0 Å². The van der Waals surface area contributed by atoms with Crippen molar-refractivity contribution in [3.05, 3.63) is 29.8 Å². The van der Waals surface area contributed by atoms with Gasteiger partial charge in [0, 0.05) is 13.1 Å². The molecule has 0 atom stereocenters. The lowest BCUT2D eigenvalue weighted by atomic mass is 10.1. The van der Waals surface area contributed by atoms with Crippen LogP contribution in [0, 0.1) is 5.41 Å². The number of nitrogens with one attached hydrogen (secondary N) is 1. The third kappa shape index (κ3) is 3.74. The first-order valence-electron chi connectivity index (χ1n) is 6.26. The molecule has 4 heteroatoms. The molecule has 0 unspecified atom stereocenters. The summed E-state index contributed by atoms with van der Waals surface area (Å²) in [7, 11) is 0. The Morgan fingerprint density at radius 2 is 2.28 bits per heavy atom. The molecule has 98 valence electrons. The highest BCUT2D eigenvalue weighted by molar-refractivity contribution is 5.87. The second-order valence-electron chi connectivity index (χ2n) is 5.17. The molecule has 0 aromatic heterocycles. The molecule has 0 radical (unpaired) electrons. The molecule has 0 heterocycles. The van der Waals surface area contributed by atoms with E-state index in [0.717, 1.165) is 13.1 Å². The summed E-state index contributed by atoms with van der Waals surface area (Å²) in [6.45, 7) is 4.65. The van der Waals surface area contributed by atoms with E-state index in [4.69, 9.17) is 9.84 Å². The van der Waals surface area contributed by atoms with Gasteiger partial charge in [-0.2, -0.15) is 0 Å². The van der Waals surface area contributed by atoms with Crippen LogP contribution in [0.2, 0.25) is 0 Å². The van der Waals surface area contributed by atoms with E-state index >= 15 is 0 Å². The Bertz CT molecular complexity index is 427. The molecule has 0 aliphatic heterocycles. The highest BCUT2D eigenvalue weighted by Crippen LogP contribution is 2.43. The predicted octanol–water partition coefficient (Wildman–Crippen LogP) is 2.15. The van der Waals surface area contributed by atoms with Gasteiger partial charge in [-0.05, 0) is 36.5 Å². The van der Waals surface area contributed by atoms with Crippen LogP contribution in [-0.2, 0) is 0 Å². The second-order valence-corrected chi connectivity index (χ2v) is 5.17. The van der Waals surface area contributed by atoms with E-state index in [9.17, 15) is 4.79 Å².